The Hall–Kier alpha value is -4.01. The molecule has 4 atom stereocenters. The lowest BCUT2D eigenvalue weighted by molar-refractivity contribution is -0.142. The van der Waals surface area contributed by atoms with Gasteiger partial charge in [-0.1, -0.05) is 18.2 Å². The van der Waals surface area contributed by atoms with Crippen molar-refractivity contribution in [3.8, 4) is 0 Å². The van der Waals surface area contributed by atoms with Gasteiger partial charge >= 0.3 is 5.97 Å². The number of rotatable bonds is 20. The second kappa shape index (κ2) is 17.7. The van der Waals surface area contributed by atoms with Gasteiger partial charge in [-0.15, -0.1) is 0 Å². The van der Waals surface area contributed by atoms with E-state index < -0.39 is 53.8 Å². The number of hydrogen-bond acceptors (Lipinski definition) is 8. The predicted octanol–water partition coefficient (Wildman–Crippen LogP) is -0.900. The number of carboxylic acid groups (broad SMARTS) is 1. The van der Waals surface area contributed by atoms with Crippen LogP contribution in [-0.4, -0.2) is 76.9 Å². The zero-order valence-electron chi connectivity index (χ0n) is 23.8. The lowest BCUT2D eigenvalue weighted by Gasteiger charge is -2.25. The molecular formula is C28H44N8O6. The summed E-state index contributed by atoms with van der Waals surface area (Å²) < 4.78 is 0. The Balaban J connectivity index is 2.28. The SMILES string of the molecule is NCCCCC(NC(=O)C(Cc1c[nH]c2ccccc12)NC(=O)C(CCCCN)NC(=O)C(N)CCC(N)=O)C(=O)O. The third kappa shape index (κ3) is 11.1. The summed E-state index contributed by atoms with van der Waals surface area (Å²) >= 11 is 0. The number of carboxylic acids is 1. The summed E-state index contributed by atoms with van der Waals surface area (Å²) in [4.78, 5) is 65.8. The molecule has 2 rings (SSSR count). The van der Waals surface area contributed by atoms with Crippen LogP contribution in [0.4, 0.5) is 0 Å². The van der Waals surface area contributed by atoms with E-state index in [-0.39, 0.29) is 32.1 Å². The van der Waals surface area contributed by atoms with E-state index in [1.165, 1.54) is 0 Å². The van der Waals surface area contributed by atoms with E-state index >= 15 is 0 Å². The molecule has 1 aromatic carbocycles. The number of amides is 4. The van der Waals surface area contributed by atoms with Crippen molar-refractivity contribution < 1.29 is 29.1 Å². The van der Waals surface area contributed by atoms with E-state index in [4.69, 9.17) is 22.9 Å². The van der Waals surface area contributed by atoms with Gasteiger partial charge in [-0.05, 0) is 69.7 Å². The minimum atomic E-state index is -1.20. The van der Waals surface area contributed by atoms with E-state index in [1.807, 2.05) is 24.3 Å². The van der Waals surface area contributed by atoms with Gasteiger partial charge in [0, 0.05) is 29.9 Å². The number of carbonyl (C=O) groups is 5. The molecule has 0 radical (unpaired) electrons. The summed E-state index contributed by atoms with van der Waals surface area (Å²) in [6, 6.07) is 2.98. The monoisotopic (exact) mass is 588 g/mol. The number of primary amides is 1. The number of nitrogens with two attached hydrogens (primary N) is 4. The van der Waals surface area contributed by atoms with Crippen LogP contribution < -0.4 is 38.9 Å². The Kier molecular flexibility index (Phi) is 14.4. The van der Waals surface area contributed by atoms with E-state index in [2.05, 4.69) is 20.9 Å². The summed E-state index contributed by atoms with van der Waals surface area (Å²) in [7, 11) is 0. The number of unbranched alkanes of at least 4 members (excludes halogenated alkanes) is 2. The van der Waals surface area contributed by atoms with Crippen LogP contribution in [0.5, 0.6) is 0 Å². The maximum Gasteiger partial charge on any atom is 0.326 e. The van der Waals surface area contributed by atoms with Crippen molar-refractivity contribution in [2.24, 2.45) is 22.9 Å². The Morgan fingerprint density at radius 3 is 1.98 bits per heavy atom. The number of para-hydroxylation sites is 1. The standard InChI is InChI=1S/C28H44N8O6/c29-13-5-3-9-21(34-25(38)19(31)11-12-24(32)37)26(39)36-23(15-17-16-33-20-8-2-1-7-18(17)20)27(40)35-22(28(41)42)10-4-6-14-30/h1-2,7-8,16,19,21-23,33H,3-6,9-15,29-31H2,(H2,32,37)(H,34,38)(H,35,40)(H,36,39)(H,41,42). The summed E-state index contributed by atoms with van der Waals surface area (Å²) in [6.07, 6.45) is 4.28. The number of fused-ring (bicyclic) bond motifs is 1. The topological polar surface area (TPSA) is 262 Å². The van der Waals surface area contributed by atoms with Crippen LogP contribution in [0.15, 0.2) is 30.5 Å². The molecule has 232 valence electrons. The van der Waals surface area contributed by atoms with Crippen LogP contribution in [0.1, 0.15) is 56.9 Å². The van der Waals surface area contributed by atoms with Crippen molar-refractivity contribution in [1.29, 1.82) is 0 Å². The average molecular weight is 589 g/mol. The first-order valence-corrected chi connectivity index (χ1v) is 14.2. The van der Waals surface area contributed by atoms with Crippen LogP contribution in [0.25, 0.3) is 10.9 Å². The van der Waals surface area contributed by atoms with Crippen molar-refractivity contribution in [3.05, 3.63) is 36.0 Å². The largest absolute Gasteiger partial charge is 0.480 e. The maximum absolute atomic E-state index is 13.5. The molecule has 0 bridgehead atoms. The first-order chi connectivity index (χ1) is 20.1. The van der Waals surface area contributed by atoms with E-state index in [1.54, 1.807) is 6.20 Å². The van der Waals surface area contributed by atoms with Gasteiger partial charge in [0.2, 0.25) is 23.6 Å². The van der Waals surface area contributed by atoms with Crippen molar-refractivity contribution in [2.45, 2.75) is 82.0 Å². The molecule has 0 aliphatic carbocycles. The average Bonchev–Trinajstić information content (AvgIpc) is 3.36. The molecule has 0 saturated carbocycles. The Bertz CT molecular complexity index is 1200. The first-order valence-electron chi connectivity index (χ1n) is 14.2. The molecule has 14 nitrogen and oxygen atoms in total. The molecular weight excluding hydrogens is 544 g/mol. The summed E-state index contributed by atoms with van der Waals surface area (Å²) in [5.41, 5.74) is 23.7. The molecule has 1 heterocycles. The molecule has 4 amide bonds. The third-order valence-corrected chi connectivity index (χ3v) is 6.91. The molecule has 14 heteroatoms. The Morgan fingerprint density at radius 1 is 0.786 bits per heavy atom. The molecule has 4 unspecified atom stereocenters. The number of aliphatic carboxylic acids is 1. The van der Waals surface area contributed by atoms with Crippen LogP contribution >= 0.6 is 0 Å². The highest BCUT2D eigenvalue weighted by atomic mass is 16.4. The second-order valence-electron chi connectivity index (χ2n) is 10.3. The Morgan fingerprint density at radius 2 is 1.36 bits per heavy atom. The van der Waals surface area contributed by atoms with E-state index in [9.17, 15) is 29.1 Å². The zero-order valence-corrected chi connectivity index (χ0v) is 23.8. The summed E-state index contributed by atoms with van der Waals surface area (Å²) in [5, 5.41) is 18.4. The van der Waals surface area contributed by atoms with Gasteiger partial charge in [0.05, 0.1) is 6.04 Å². The highest BCUT2D eigenvalue weighted by molar-refractivity contribution is 5.95. The van der Waals surface area contributed by atoms with Crippen LogP contribution in [0.2, 0.25) is 0 Å². The molecule has 13 N–H and O–H groups in total. The van der Waals surface area contributed by atoms with E-state index in [0.29, 0.717) is 38.8 Å². The van der Waals surface area contributed by atoms with Crippen LogP contribution in [0.3, 0.4) is 0 Å². The van der Waals surface area contributed by atoms with Gasteiger partial charge in [0.15, 0.2) is 0 Å². The lowest BCUT2D eigenvalue weighted by Crippen LogP contribution is -2.57. The molecule has 0 aliphatic heterocycles. The molecule has 1 aromatic heterocycles. The number of carbonyl (C=O) groups excluding carboxylic acids is 4. The van der Waals surface area contributed by atoms with Crippen molar-refractivity contribution in [1.82, 2.24) is 20.9 Å². The highest BCUT2D eigenvalue weighted by Crippen LogP contribution is 2.19. The number of benzene rings is 1. The van der Waals surface area contributed by atoms with E-state index in [0.717, 1.165) is 16.5 Å². The predicted molar refractivity (Wildman–Crippen MR) is 158 cm³/mol. The smallest absolute Gasteiger partial charge is 0.326 e. The quantitative estimate of drug-likeness (QED) is 0.0866. The normalized spacial score (nSPS) is 14.0. The number of H-pyrrole nitrogens is 1. The molecule has 2 aromatic rings. The van der Waals surface area contributed by atoms with Gasteiger partial charge in [0.1, 0.15) is 18.1 Å². The number of hydrogen-bond donors (Lipinski definition) is 9. The van der Waals surface area contributed by atoms with Gasteiger partial charge in [0.25, 0.3) is 0 Å². The molecule has 0 fully saturated rings. The minimum absolute atomic E-state index is 0.00460. The fourth-order valence-corrected chi connectivity index (χ4v) is 4.49. The van der Waals surface area contributed by atoms with Crippen molar-refractivity contribution in [3.63, 3.8) is 0 Å². The third-order valence-electron chi connectivity index (χ3n) is 6.91. The fourth-order valence-electron chi connectivity index (χ4n) is 4.49. The van der Waals surface area contributed by atoms with Gasteiger partial charge in [-0.3, -0.25) is 19.2 Å². The van der Waals surface area contributed by atoms with Gasteiger partial charge in [-0.2, -0.15) is 0 Å². The second-order valence-corrected chi connectivity index (χ2v) is 10.3. The summed E-state index contributed by atoms with van der Waals surface area (Å²) in [6.45, 7) is 0.774. The lowest BCUT2D eigenvalue weighted by atomic mass is 10.0. The van der Waals surface area contributed by atoms with Crippen LogP contribution in [-0.2, 0) is 30.4 Å². The maximum atomic E-state index is 13.5. The van der Waals surface area contributed by atoms with Crippen molar-refractivity contribution in [2.75, 3.05) is 13.1 Å². The van der Waals surface area contributed by atoms with Gasteiger partial charge < -0.3 is 49.0 Å². The van der Waals surface area contributed by atoms with Crippen molar-refractivity contribution >= 4 is 40.5 Å². The highest BCUT2D eigenvalue weighted by Gasteiger charge is 2.31. The molecule has 42 heavy (non-hydrogen) atoms. The fraction of sp³-hybridized carbons (Fsp3) is 0.536. The molecule has 0 spiro atoms. The van der Waals surface area contributed by atoms with Crippen LogP contribution in [0, 0.1) is 0 Å². The minimum Gasteiger partial charge on any atom is -0.480 e. The number of aromatic nitrogens is 1. The first kappa shape index (κ1) is 34.2. The number of nitrogens with one attached hydrogen (secondary N) is 4. The summed E-state index contributed by atoms with van der Waals surface area (Å²) in [5.74, 6) is -3.78. The molecule has 0 aliphatic rings. The molecule has 0 saturated heterocycles. The Labute approximate surface area is 244 Å². The van der Waals surface area contributed by atoms with Gasteiger partial charge in [-0.25, -0.2) is 4.79 Å². The zero-order chi connectivity index (χ0) is 31.1. The number of aromatic amines is 1.